The maximum Gasteiger partial charge on any atom is 0.416 e. The Morgan fingerprint density at radius 2 is 1.97 bits per heavy atom. The molecule has 1 fully saturated rings. The van der Waals surface area contributed by atoms with E-state index in [1.165, 1.54) is 17.0 Å². The van der Waals surface area contributed by atoms with Crippen LogP contribution in [0.25, 0.3) is 0 Å². The van der Waals surface area contributed by atoms with E-state index in [0.717, 1.165) is 57.1 Å². The summed E-state index contributed by atoms with van der Waals surface area (Å²) < 4.78 is 46.5. The summed E-state index contributed by atoms with van der Waals surface area (Å²) in [7, 11) is 1.89. The van der Waals surface area contributed by atoms with E-state index in [4.69, 9.17) is 4.74 Å². The molecule has 8 heteroatoms. The third-order valence-corrected chi connectivity index (χ3v) is 5.29. The van der Waals surface area contributed by atoms with Gasteiger partial charge in [-0.1, -0.05) is 6.07 Å². The van der Waals surface area contributed by atoms with Crippen LogP contribution < -0.4 is 4.90 Å². The molecule has 1 aliphatic heterocycles. The van der Waals surface area contributed by atoms with Crippen molar-refractivity contribution in [2.75, 3.05) is 39.4 Å². The molecule has 0 atom stereocenters. The van der Waals surface area contributed by atoms with Gasteiger partial charge in [0.15, 0.2) is 0 Å². The number of ether oxygens (including phenoxy) is 1. The Morgan fingerprint density at radius 1 is 1.21 bits per heavy atom. The molecule has 0 unspecified atom stereocenters. The molecule has 0 bridgehead atoms. The lowest BCUT2D eigenvalue weighted by Crippen LogP contribution is -3.14. The van der Waals surface area contributed by atoms with Crippen LogP contribution in [-0.2, 0) is 24.5 Å². The number of amides is 1. The van der Waals surface area contributed by atoms with Crippen LogP contribution in [0, 0.1) is 0 Å². The molecule has 29 heavy (non-hydrogen) atoms. The Bertz CT molecular complexity index is 813. The molecule has 1 aromatic heterocycles. The van der Waals surface area contributed by atoms with Crippen LogP contribution in [0.5, 0.6) is 0 Å². The van der Waals surface area contributed by atoms with Gasteiger partial charge in [-0.3, -0.25) is 4.79 Å². The van der Waals surface area contributed by atoms with E-state index in [1.807, 2.05) is 29.9 Å². The average Bonchev–Trinajstić information content (AvgIpc) is 3.11. The van der Waals surface area contributed by atoms with Gasteiger partial charge in [0, 0.05) is 37.5 Å². The monoisotopic (exact) mass is 410 g/mol. The number of nitrogens with zero attached hydrogens (tertiary/aromatic N) is 2. The summed E-state index contributed by atoms with van der Waals surface area (Å²) >= 11 is 0. The van der Waals surface area contributed by atoms with Crippen molar-refractivity contribution < 1.29 is 27.6 Å². The van der Waals surface area contributed by atoms with Crippen molar-refractivity contribution in [3.05, 3.63) is 59.4 Å². The van der Waals surface area contributed by atoms with Gasteiger partial charge in [-0.05, 0) is 30.3 Å². The van der Waals surface area contributed by atoms with Gasteiger partial charge >= 0.3 is 6.18 Å². The predicted molar refractivity (Wildman–Crippen MR) is 103 cm³/mol. The number of quaternary nitrogens is 1. The van der Waals surface area contributed by atoms with Gasteiger partial charge in [-0.25, -0.2) is 0 Å². The second-order valence-corrected chi connectivity index (χ2v) is 7.38. The van der Waals surface area contributed by atoms with E-state index in [1.54, 1.807) is 4.90 Å². The highest BCUT2D eigenvalue weighted by atomic mass is 19.4. The minimum atomic E-state index is -4.47. The van der Waals surface area contributed by atoms with E-state index in [0.29, 0.717) is 13.1 Å². The van der Waals surface area contributed by atoms with Crippen LogP contribution in [0.15, 0.2) is 42.6 Å². The first-order valence-electron chi connectivity index (χ1n) is 9.82. The van der Waals surface area contributed by atoms with Crippen molar-refractivity contribution in [2.45, 2.75) is 19.1 Å². The van der Waals surface area contributed by atoms with Gasteiger partial charge in [0.2, 0.25) is 0 Å². The molecule has 1 aliphatic rings. The van der Waals surface area contributed by atoms with Gasteiger partial charge in [0.05, 0.1) is 31.9 Å². The van der Waals surface area contributed by atoms with Crippen LogP contribution >= 0.6 is 0 Å². The van der Waals surface area contributed by atoms with Gasteiger partial charge in [0.1, 0.15) is 13.1 Å². The number of carbonyl (C=O) groups excluding carboxylic acids is 1. The fourth-order valence-electron chi connectivity index (χ4n) is 3.55. The fraction of sp³-hybridized carbons (Fsp3) is 0.476. The zero-order chi connectivity index (χ0) is 20.9. The number of hydrogen-bond donors (Lipinski definition) is 1. The normalized spacial score (nSPS) is 15.4. The van der Waals surface area contributed by atoms with Crippen LogP contribution in [0.3, 0.4) is 0 Å². The van der Waals surface area contributed by atoms with Crippen LogP contribution in [0.2, 0.25) is 0 Å². The third-order valence-electron chi connectivity index (χ3n) is 5.29. The minimum absolute atomic E-state index is 0.0627. The Morgan fingerprint density at radius 3 is 2.62 bits per heavy atom. The topological polar surface area (TPSA) is 38.9 Å². The van der Waals surface area contributed by atoms with Crippen molar-refractivity contribution in [3.8, 4) is 0 Å². The van der Waals surface area contributed by atoms with E-state index in [2.05, 4.69) is 0 Å². The number of morpholine rings is 1. The van der Waals surface area contributed by atoms with Gasteiger partial charge in [-0.2, -0.15) is 13.2 Å². The molecule has 2 heterocycles. The predicted octanol–water partition coefficient (Wildman–Crippen LogP) is 1.99. The second kappa shape index (κ2) is 9.45. The molecule has 3 rings (SSSR count). The number of nitrogens with one attached hydrogen (secondary N) is 1. The highest BCUT2D eigenvalue weighted by Gasteiger charge is 2.31. The van der Waals surface area contributed by atoms with Crippen LogP contribution in [-0.4, -0.2) is 54.8 Å². The molecule has 1 amide bonds. The molecule has 1 N–H and O–H groups in total. The fourth-order valence-corrected chi connectivity index (χ4v) is 3.55. The smallest absolute Gasteiger partial charge is 0.370 e. The summed E-state index contributed by atoms with van der Waals surface area (Å²) in [5.74, 6) is -0.380. The number of alkyl halides is 3. The zero-order valence-corrected chi connectivity index (χ0v) is 16.5. The summed E-state index contributed by atoms with van der Waals surface area (Å²) in [6, 6.07) is 8.46. The lowest BCUT2D eigenvalue weighted by Gasteiger charge is -2.27. The first kappa shape index (κ1) is 21.4. The largest absolute Gasteiger partial charge is 0.416 e. The first-order chi connectivity index (χ1) is 13.8. The van der Waals surface area contributed by atoms with Crippen molar-refractivity contribution >= 4 is 5.91 Å². The minimum Gasteiger partial charge on any atom is -0.370 e. The van der Waals surface area contributed by atoms with Gasteiger partial charge in [-0.15, -0.1) is 0 Å². The third kappa shape index (κ3) is 5.83. The van der Waals surface area contributed by atoms with E-state index < -0.39 is 11.7 Å². The molecule has 1 aromatic carbocycles. The lowest BCUT2D eigenvalue weighted by atomic mass is 10.1. The molecular weight excluding hydrogens is 383 g/mol. The summed E-state index contributed by atoms with van der Waals surface area (Å²) in [6.07, 6.45) is -1.80. The Labute approximate surface area is 168 Å². The molecule has 0 radical (unpaired) electrons. The number of benzene rings is 1. The van der Waals surface area contributed by atoms with Crippen molar-refractivity contribution in [3.63, 3.8) is 0 Å². The number of aromatic nitrogens is 1. The van der Waals surface area contributed by atoms with Gasteiger partial charge in [0.25, 0.3) is 5.91 Å². The maximum atomic E-state index is 13.1. The number of rotatable bonds is 7. The van der Waals surface area contributed by atoms with Crippen molar-refractivity contribution in [1.82, 2.24) is 9.47 Å². The van der Waals surface area contributed by atoms with E-state index in [-0.39, 0.29) is 11.5 Å². The molecule has 0 saturated carbocycles. The SMILES string of the molecule is Cn1cccc1CN(CCC[NH+]1CCOCC1)C(=O)c1cccc(C(F)(F)F)c1. The van der Waals surface area contributed by atoms with Gasteiger partial charge < -0.3 is 19.1 Å². The molecule has 158 valence electrons. The first-order valence-corrected chi connectivity index (χ1v) is 9.82. The standard InChI is InChI=1S/C21H26F3N3O2/c1-25-8-3-7-19(25)16-27(10-4-9-26-11-13-29-14-12-26)20(28)17-5-2-6-18(15-17)21(22,23)24/h2-3,5-8,15H,4,9-14,16H2,1H3/p+1. The summed E-state index contributed by atoms with van der Waals surface area (Å²) in [5, 5.41) is 0. The highest BCUT2D eigenvalue weighted by molar-refractivity contribution is 5.94. The molecule has 0 spiro atoms. The Balaban J connectivity index is 1.72. The molecule has 1 saturated heterocycles. The Kier molecular flexibility index (Phi) is 6.97. The summed E-state index contributed by atoms with van der Waals surface area (Å²) in [6.45, 7) is 5.13. The lowest BCUT2D eigenvalue weighted by molar-refractivity contribution is -0.908. The molecule has 0 aliphatic carbocycles. The summed E-state index contributed by atoms with van der Waals surface area (Å²) in [5.41, 5.74) is 0.191. The number of aryl methyl sites for hydroxylation is 1. The van der Waals surface area contributed by atoms with Crippen LogP contribution in [0.1, 0.15) is 28.0 Å². The Hall–Kier alpha value is -2.32. The second-order valence-electron chi connectivity index (χ2n) is 7.38. The van der Waals surface area contributed by atoms with Crippen molar-refractivity contribution in [1.29, 1.82) is 0 Å². The molecule has 2 aromatic rings. The highest BCUT2D eigenvalue weighted by Crippen LogP contribution is 2.29. The zero-order valence-electron chi connectivity index (χ0n) is 16.5. The van der Waals surface area contributed by atoms with E-state index >= 15 is 0 Å². The summed E-state index contributed by atoms with van der Waals surface area (Å²) in [4.78, 5) is 16.1. The molecule has 5 nitrogen and oxygen atoms in total. The number of carbonyl (C=O) groups is 1. The number of halogens is 3. The van der Waals surface area contributed by atoms with E-state index in [9.17, 15) is 18.0 Å². The number of hydrogen-bond acceptors (Lipinski definition) is 2. The quantitative estimate of drug-likeness (QED) is 0.758. The maximum absolute atomic E-state index is 13.1. The van der Waals surface area contributed by atoms with Crippen LogP contribution in [0.4, 0.5) is 13.2 Å². The average molecular weight is 410 g/mol. The molecular formula is C21H27F3N3O2+. The van der Waals surface area contributed by atoms with Crippen molar-refractivity contribution in [2.24, 2.45) is 7.05 Å².